The summed E-state index contributed by atoms with van der Waals surface area (Å²) in [6, 6.07) is 7.92. The molecular weight excluding hydrogens is 318 g/mol. The lowest BCUT2D eigenvalue weighted by Gasteiger charge is -2.13. The molecule has 0 aliphatic rings. The van der Waals surface area contributed by atoms with Crippen molar-refractivity contribution < 1.29 is 17.2 Å². The number of benzene rings is 2. The van der Waals surface area contributed by atoms with Crippen molar-refractivity contribution in [2.24, 2.45) is 0 Å². The van der Waals surface area contributed by atoms with E-state index < -0.39 is 26.8 Å². The summed E-state index contributed by atoms with van der Waals surface area (Å²) in [5, 5.41) is -0.895. The highest BCUT2D eigenvalue weighted by Gasteiger charge is 2.18. The first-order chi connectivity index (χ1) is 9.70. The molecule has 112 valence electrons. The molecule has 0 radical (unpaired) electrons. The van der Waals surface area contributed by atoms with Crippen LogP contribution in [0, 0.1) is 18.6 Å². The molecule has 0 amide bonds. The third-order valence-corrected chi connectivity index (χ3v) is 4.77. The summed E-state index contributed by atoms with van der Waals surface area (Å²) in [7, 11) is -3.31. The molecule has 0 N–H and O–H groups in total. The van der Waals surface area contributed by atoms with Crippen LogP contribution in [0.25, 0.3) is 0 Å². The van der Waals surface area contributed by atoms with Crippen molar-refractivity contribution in [1.29, 1.82) is 0 Å². The summed E-state index contributed by atoms with van der Waals surface area (Å²) in [5.41, 5.74) is 0.714. The molecule has 0 aliphatic heterocycles. The van der Waals surface area contributed by atoms with Gasteiger partial charge in [-0.05, 0) is 42.3 Å². The first-order valence-electron chi connectivity index (χ1n) is 6.10. The van der Waals surface area contributed by atoms with Crippen LogP contribution in [0.3, 0.4) is 0 Å². The van der Waals surface area contributed by atoms with Crippen molar-refractivity contribution >= 4 is 21.4 Å². The maximum absolute atomic E-state index is 13.9. The van der Waals surface area contributed by atoms with Gasteiger partial charge in [-0.2, -0.15) is 0 Å². The minimum Gasteiger partial charge on any atom is -0.224 e. The van der Waals surface area contributed by atoms with Gasteiger partial charge in [0.15, 0.2) is 9.84 Å². The Balaban J connectivity index is 2.41. The predicted octanol–water partition coefficient (Wildman–Crippen LogP) is 4.00. The Hall–Kier alpha value is -1.46. The largest absolute Gasteiger partial charge is 0.224 e. The fourth-order valence-corrected chi connectivity index (χ4v) is 2.86. The summed E-state index contributed by atoms with van der Waals surface area (Å²) >= 11 is 6.17. The van der Waals surface area contributed by atoms with Crippen LogP contribution >= 0.6 is 11.6 Å². The van der Waals surface area contributed by atoms with Crippen molar-refractivity contribution in [3.05, 3.63) is 64.7 Å². The average molecular weight is 331 g/mol. The third-order valence-electron chi connectivity index (χ3n) is 3.15. The van der Waals surface area contributed by atoms with E-state index in [1.807, 2.05) is 0 Å². The number of alkyl halides is 1. The quantitative estimate of drug-likeness (QED) is 0.797. The number of rotatable bonds is 3. The fourth-order valence-electron chi connectivity index (χ4n) is 1.92. The van der Waals surface area contributed by atoms with Crippen LogP contribution in [0.4, 0.5) is 8.78 Å². The molecule has 1 unspecified atom stereocenters. The Morgan fingerprint density at radius 3 is 2.14 bits per heavy atom. The zero-order valence-corrected chi connectivity index (χ0v) is 13.0. The van der Waals surface area contributed by atoms with Crippen LogP contribution < -0.4 is 0 Å². The maximum atomic E-state index is 13.9. The van der Waals surface area contributed by atoms with Gasteiger partial charge < -0.3 is 0 Å². The minimum absolute atomic E-state index is 0.0203. The number of aryl methyl sites for hydroxylation is 1. The van der Waals surface area contributed by atoms with Crippen molar-refractivity contribution in [3.8, 4) is 0 Å². The standard InChI is InChI=1S/C15H13ClF2O2S/c1-9-7-14(18)12(8-13(9)17)15(16)10-3-5-11(6-4-10)21(2,19)20/h3-8,15H,1-2H3. The summed E-state index contributed by atoms with van der Waals surface area (Å²) in [4.78, 5) is 0.144. The molecule has 2 aromatic rings. The zero-order chi connectivity index (χ0) is 15.8. The number of halogens is 3. The maximum Gasteiger partial charge on any atom is 0.175 e. The van der Waals surface area contributed by atoms with E-state index in [4.69, 9.17) is 11.6 Å². The first-order valence-corrected chi connectivity index (χ1v) is 8.42. The molecule has 21 heavy (non-hydrogen) atoms. The van der Waals surface area contributed by atoms with E-state index >= 15 is 0 Å². The Morgan fingerprint density at radius 2 is 1.62 bits per heavy atom. The van der Waals surface area contributed by atoms with Crippen LogP contribution in [0.2, 0.25) is 0 Å². The normalized spacial score (nSPS) is 13.2. The van der Waals surface area contributed by atoms with Crippen LogP contribution in [0.5, 0.6) is 0 Å². The first kappa shape index (κ1) is 15.9. The van der Waals surface area contributed by atoms with Crippen LogP contribution in [-0.2, 0) is 9.84 Å². The Labute approximate surface area is 127 Å². The van der Waals surface area contributed by atoms with Gasteiger partial charge in [-0.1, -0.05) is 12.1 Å². The summed E-state index contributed by atoms with van der Waals surface area (Å²) in [6.07, 6.45) is 1.09. The summed E-state index contributed by atoms with van der Waals surface area (Å²) < 4.78 is 50.2. The Morgan fingerprint density at radius 1 is 1.05 bits per heavy atom. The lowest BCUT2D eigenvalue weighted by molar-refractivity contribution is 0.580. The van der Waals surface area contributed by atoms with E-state index in [2.05, 4.69) is 0 Å². The highest BCUT2D eigenvalue weighted by Crippen LogP contribution is 2.32. The summed E-state index contributed by atoms with van der Waals surface area (Å²) in [5.74, 6) is -1.13. The van der Waals surface area contributed by atoms with Gasteiger partial charge in [0.05, 0.1) is 10.3 Å². The van der Waals surface area contributed by atoms with Crippen molar-refractivity contribution in [2.45, 2.75) is 17.2 Å². The van der Waals surface area contributed by atoms with E-state index in [1.165, 1.54) is 31.2 Å². The summed E-state index contributed by atoms with van der Waals surface area (Å²) in [6.45, 7) is 1.46. The molecule has 0 aliphatic carbocycles. The molecule has 0 bridgehead atoms. The minimum atomic E-state index is -3.31. The van der Waals surface area contributed by atoms with E-state index in [1.54, 1.807) is 0 Å². The van der Waals surface area contributed by atoms with Gasteiger partial charge in [-0.3, -0.25) is 0 Å². The molecule has 0 spiro atoms. The molecule has 0 aromatic heterocycles. The molecule has 1 atom stereocenters. The SMILES string of the molecule is Cc1cc(F)c(C(Cl)c2ccc(S(C)(=O)=O)cc2)cc1F. The van der Waals surface area contributed by atoms with E-state index in [9.17, 15) is 17.2 Å². The molecule has 2 nitrogen and oxygen atoms in total. The van der Waals surface area contributed by atoms with Crippen molar-refractivity contribution in [3.63, 3.8) is 0 Å². The molecule has 0 fully saturated rings. The molecular formula is C15H13ClF2O2S. The number of sulfone groups is 1. The number of hydrogen-bond donors (Lipinski definition) is 0. The second-order valence-corrected chi connectivity index (χ2v) is 7.28. The molecule has 0 heterocycles. The van der Waals surface area contributed by atoms with Gasteiger partial charge in [-0.25, -0.2) is 17.2 Å². The highest BCUT2D eigenvalue weighted by atomic mass is 35.5. The lowest BCUT2D eigenvalue weighted by atomic mass is 10.0. The van der Waals surface area contributed by atoms with E-state index in [0.29, 0.717) is 5.56 Å². The van der Waals surface area contributed by atoms with Gasteiger partial charge in [0.1, 0.15) is 11.6 Å². The molecule has 0 saturated carbocycles. The van der Waals surface area contributed by atoms with Crippen molar-refractivity contribution in [2.75, 3.05) is 6.26 Å². The van der Waals surface area contributed by atoms with Crippen LogP contribution in [-0.4, -0.2) is 14.7 Å². The van der Waals surface area contributed by atoms with Gasteiger partial charge >= 0.3 is 0 Å². The second kappa shape index (κ2) is 5.73. The van der Waals surface area contributed by atoms with Crippen LogP contribution in [0.1, 0.15) is 22.1 Å². The van der Waals surface area contributed by atoms with Gasteiger partial charge in [0, 0.05) is 11.8 Å². The van der Waals surface area contributed by atoms with Gasteiger partial charge in [0.25, 0.3) is 0 Å². The smallest absolute Gasteiger partial charge is 0.175 e. The average Bonchev–Trinajstić information content (AvgIpc) is 2.41. The van der Waals surface area contributed by atoms with Gasteiger partial charge in [-0.15, -0.1) is 11.6 Å². The lowest BCUT2D eigenvalue weighted by Crippen LogP contribution is -2.01. The monoisotopic (exact) mass is 330 g/mol. The molecule has 6 heteroatoms. The molecule has 2 aromatic carbocycles. The third kappa shape index (κ3) is 3.41. The Kier molecular flexibility index (Phi) is 4.35. The molecule has 2 rings (SSSR count). The van der Waals surface area contributed by atoms with E-state index in [0.717, 1.165) is 18.4 Å². The topological polar surface area (TPSA) is 34.1 Å². The zero-order valence-electron chi connectivity index (χ0n) is 11.4. The van der Waals surface area contributed by atoms with Crippen molar-refractivity contribution in [1.82, 2.24) is 0 Å². The van der Waals surface area contributed by atoms with E-state index in [-0.39, 0.29) is 16.0 Å². The second-order valence-electron chi connectivity index (χ2n) is 4.83. The fraction of sp³-hybridized carbons (Fsp3) is 0.200. The van der Waals surface area contributed by atoms with Gasteiger partial charge in [0.2, 0.25) is 0 Å². The number of hydrogen-bond acceptors (Lipinski definition) is 2. The highest BCUT2D eigenvalue weighted by molar-refractivity contribution is 7.90. The Bertz CT molecular complexity index is 771. The molecule has 0 saturated heterocycles. The predicted molar refractivity (Wildman–Crippen MR) is 78.3 cm³/mol. The van der Waals surface area contributed by atoms with Crippen LogP contribution in [0.15, 0.2) is 41.3 Å².